The van der Waals surface area contributed by atoms with E-state index in [-0.39, 0.29) is 12.4 Å². The Morgan fingerprint density at radius 3 is 2.53 bits per heavy atom. The molecule has 0 saturated carbocycles. The fraction of sp³-hybridized carbons (Fsp3) is 0.462. The van der Waals surface area contributed by atoms with E-state index in [2.05, 4.69) is 5.32 Å². The monoisotopic (exact) mass is 255 g/mol. The maximum atomic E-state index is 11.7. The lowest BCUT2D eigenvalue weighted by Crippen LogP contribution is -2.24. The van der Waals surface area contributed by atoms with Crippen molar-refractivity contribution in [1.82, 2.24) is 5.32 Å². The topological polar surface area (TPSA) is 49.3 Å². The van der Waals surface area contributed by atoms with Crippen molar-refractivity contribution < 1.29 is 9.90 Å². The van der Waals surface area contributed by atoms with Gasteiger partial charge in [0.1, 0.15) is 0 Å². The van der Waals surface area contributed by atoms with E-state index in [4.69, 9.17) is 16.7 Å². The van der Waals surface area contributed by atoms with E-state index in [1.165, 1.54) is 0 Å². The van der Waals surface area contributed by atoms with Crippen molar-refractivity contribution >= 4 is 17.4 Å². The molecule has 1 aromatic rings. The lowest BCUT2D eigenvalue weighted by Gasteiger charge is -2.04. The van der Waals surface area contributed by atoms with Crippen LogP contribution in [-0.2, 0) is 0 Å². The van der Waals surface area contributed by atoms with E-state index >= 15 is 0 Å². The largest absolute Gasteiger partial charge is 0.396 e. The lowest BCUT2D eigenvalue weighted by atomic mass is 10.1. The van der Waals surface area contributed by atoms with Crippen LogP contribution in [0.15, 0.2) is 24.3 Å². The van der Waals surface area contributed by atoms with Crippen molar-refractivity contribution in [2.24, 2.45) is 0 Å². The van der Waals surface area contributed by atoms with Crippen molar-refractivity contribution in [1.29, 1.82) is 0 Å². The maximum absolute atomic E-state index is 11.7. The van der Waals surface area contributed by atoms with Gasteiger partial charge in [-0.15, -0.1) is 0 Å². The normalized spacial score (nSPS) is 10.5. The van der Waals surface area contributed by atoms with Crippen LogP contribution in [0.1, 0.15) is 29.6 Å². The molecule has 0 saturated heterocycles. The first-order valence-electron chi connectivity index (χ1n) is 5.84. The molecule has 3 nitrogen and oxygen atoms in total. The number of benzene rings is 1. The minimum Gasteiger partial charge on any atom is -0.396 e. The highest BCUT2D eigenvalue weighted by Crippen LogP contribution is 2.09. The van der Waals surface area contributed by atoms with Gasteiger partial charge in [-0.2, -0.15) is 0 Å². The number of carbonyl (C=O) groups is 1. The SMILES string of the molecule is O=C(CNCCCCCO)c1ccc(Cl)cc1. The molecule has 0 aliphatic rings. The maximum Gasteiger partial charge on any atom is 0.176 e. The fourth-order valence-corrected chi connectivity index (χ4v) is 1.60. The van der Waals surface area contributed by atoms with Gasteiger partial charge in [-0.3, -0.25) is 4.79 Å². The summed E-state index contributed by atoms with van der Waals surface area (Å²) in [5, 5.41) is 12.3. The summed E-state index contributed by atoms with van der Waals surface area (Å²) in [5.74, 6) is 0.0730. The number of ketones is 1. The van der Waals surface area contributed by atoms with Crippen LogP contribution >= 0.6 is 11.6 Å². The van der Waals surface area contributed by atoms with Gasteiger partial charge in [0.25, 0.3) is 0 Å². The third-order valence-electron chi connectivity index (χ3n) is 2.46. The molecular formula is C13H18ClNO2. The molecule has 0 amide bonds. The Hall–Kier alpha value is -0.900. The average molecular weight is 256 g/mol. The van der Waals surface area contributed by atoms with Crippen LogP contribution < -0.4 is 5.32 Å². The molecule has 2 N–H and O–H groups in total. The van der Waals surface area contributed by atoms with Crippen molar-refractivity contribution in [2.45, 2.75) is 19.3 Å². The third-order valence-corrected chi connectivity index (χ3v) is 2.72. The molecule has 1 aromatic carbocycles. The molecule has 4 heteroatoms. The molecule has 0 aliphatic carbocycles. The Kier molecular flexibility index (Phi) is 6.86. The predicted molar refractivity (Wildman–Crippen MR) is 69.6 cm³/mol. The van der Waals surface area contributed by atoms with Crippen LogP contribution in [0, 0.1) is 0 Å². The van der Waals surface area contributed by atoms with E-state index in [9.17, 15) is 4.79 Å². The number of Topliss-reactive ketones (excluding diaryl/α,β-unsaturated/α-hetero) is 1. The molecule has 0 heterocycles. The first kappa shape index (κ1) is 14.2. The van der Waals surface area contributed by atoms with Crippen molar-refractivity contribution in [2.75, 3.05) is 19.7 Å². The molecule has 0 spiro atoms. The Morgan fingerprint density at radius 1 is 1.18 bits per heavy atom. The molecule has 0 fully saturated rings. The minimum atomic E-state index is 0.0730. The van der Waals surface area contributed by atoms with Crippen LogP contribution in [0.2, 0.25) is 5.02 Å². The van der Waals surface area contributed by atoms with Crippen LogP contribution in [-0.4, -0.2) is 30.6 Å². The predicted octanol–water partition coefficient (Wildman–Crippen LogP) is 2.27. The Bertz CT molecular complexity index is 338. The molecule has 0 aliphatic heterocycles. The second-order valence-corrected chi connectivity index (χ2v) is 4.33. The molecule has 0 unspecified atom stereocenters. The summed E-state index contributed by atoms with van der Waals surface area (Å²) in [5.41, 5.74) is 0.678. The van der Waals surface area contributed by atoms with Gasteiger partial charge in [-0.05, 0) is 50.1 Å². The Balaban J connectivity index is 2.19. The summed E-state index contributed by atoms with van der Waals surface area (Å²) in [6, 6.07) is 6.91. The van der Waals surface area contributed by atoms with Gasteiger partial charge in [-0.25, -0.2) is 0 Å². The highest BCUT2D eigenvalue weighted by atomic mass is 35.5. The summed E-state index contributed by atoms with van der Waals surface area (Å²) < 4.78 is 0. The molecule has 94 valence electrons. The van der Waals surface area contributed by atoms with Crippen LogP contribution in [0.3, 0.4) is 0 Å². The molecule has 0 aromatic heterocycles. The number of nitrogens with one attached hydrogen (secondary N) is 1. The van der Waals surface area contributed by atoms with E-state index in [0.29, 0.717) is 17.1 Å². The van der Waals surface area contributed by atoms with Crippen LogP contribution in [0.5, 0.6) is 0 Å². The minimum absolute atomic E-state index is 0.0730. The van der Waals surface area contributed by atoms with Gasteiger partial charge in [-0.1, -0.05) is 11.6 Å². The number of unbranched alkanes of at least 4 members (excludes halogenated alkanes) is 2. The van der Waals surface area contributed by atoms with Gasteiger partial charge >= 0.3 is 0 Å². The standard InChI is InChI=1S/C13H18ClNO2/c14-12-6-4-11(5-7-12)13(17)10-15-8-2-1-3-9-16/h4-7,15-16H,1-3,8-10H2. The number of hydrogen-bond acceptors (Lipinski definition) is 3. The first-order valence-corrected chi connectivity index (χ1v) is 6.22. The summed E-state index contributed by atoms with van der Waals surface area (Å²) in [6.45, 7) is 1.39. The number of hydrogen-bond donors (Lipinski definition) is 2. The third kappa shape index (κ3) is 5.82. The van der Waals surface area contributed by atoms with Crippen molar-refractivity contribution in [3.8, 4) is 0 Å². The molecular weight excluding hydrogens is 238 g/mol. The van der Waals surface area contributed by atoms with Crippen molar-refractivity contribution in [3.63, 3.8) is 0 Å². The molecule has 1 rings (SSSR count). The average Bonchev–Trinajstić information content (AvgIpc) is 2.34. The summed E-state index contributed by atoms with van der Waals surface area (Å²) >= 11 is 5.74. The second kappa shape index (κ2) is 8.23. The van der Waals surface area contributed by atoms with Gasteiger partial charge in [0, 0.05) is 17.2 Å². The fourth-order valence-electron chi connectivity index (χ4n) is 1.48. The lowest BCUT2D eigenvalue weighted by molar-refractivity contribution is 0.0991. The number of aliphatic hydroxyl groups excluding tert-OH is 1. The molecule has 0 radical (unpaired) electrons. The summed E-state index contributed by atoms with van der Waals surface area (Å²) in [6.07, 6.45) is 2.79. The molecule has 0 atom stereocenters. The number of carbonyl (C=O) groups excluding carboxylic acids is 1. The quantitative estimate of drug-likeness (QED) is 0.554. The van der Waals surface area contributed by atoms with E-state index in [1.807, 2.05) is 0 Å². The summed E-state index contributed by atoms with van der Waals surface area (Å²) in [4.78, 5) is 11.7. The zero-order valence-electron chi connectivity index (χ0n) is 9.79. The van der Waals surface area contributed by atoms with Gasteiger partial charge in [0.2, 0.25) is 0 Å². The Labute approximate surface area is 107 Å². The van der Waals surface area contributed by atoms with Gasteiger partial charge in [0.15, 0.2) is 5.78 Å². The van der Waals surface area contributed by atoms with Gasteiger partial charge < -0.3 is 10.4 Å². The highest BCUT2D eigenvalue weighted by Gasteiger charge is 2.04. The first-order chi connectivity index (χ1) is 8.24. The van der Waals surface area contributed by atoms with E-state index in [1.54, 1.807) is 24.3 Å². The summed E-state index contributed by atoms with van der Waals surface area (Å²) in [7, 11) is 0. The van der Waals surface area contributed by atoms with E-state index < -0.39 is 0 Å². The van der Waals surface area contributed by atoms with E-state index in [0.717, 1.165) is 25.8 Å². The number of rotatable bonds is 8. The second-order valence-electron chi connectivity index (χ2n) is 3.89. The smallest absolute Gasteiger partial charge is 0.176 e. The highest BCUT2D eigenvalue weighted by molar-refractivity contribution is 6.30. The molecule has 17 heavy (non-hydrogen) atoms. The number of aliphatic hydroxyl groups is 1. The van der Waals surface area contributed by atoms with Crippen LogP contribution in [0.4, 0.5) is 0 Å². The zero-order chi connectivity index (χ0) is 12.5. The number of halogens is 1. The van der Waals surface area contributed by atoms with Gasteiger partial charge in [0.05, 0.1) is 6.54 Å². The van der Waals surface area contributed by atoms with Crippen molar-refractivity contribution in [3.05, 3.63) is 34.9 Å². The zero-order valence-corrected chi connectivity index (χ0v) is 10.5. The molecule has 0 bridgehead atoms. The Morgan fingerprint density at radius 2 is 1.88 bits per heavy atom. The van der Waals surface area contributed by atoms with Crippen LogP contribution in [0.25, 0.3) is 0 Å².